The molecule has 1 amide bonds. The summed E-state index contributed by atoms with van der Waals surface area (Å²) in [7, 11) is 0. The topological polar surface area (TPSA) is 50.4 Å². The summed E-state index contributed by atoms with van der Waals surface area (Å²) in [6.45, 7) is 2.01. The van der Waals surface area contributed by atoms with Crippen LogP contribution in [0.3, 0.4) is 0 Å². The number of aryl methyl sites for hydroxylation is 1. The fourth-order valence-electron chi connectivity index (χ4n) is 7.89. The van der Waals surface area contributed by atoms with Gasteiger partial charge in [-0.1, -0.05) is 96.6 Å². The second-order valence-corrected chi connectivity index (χ2v) is 12.7. The lowest BCUT2D eigenvalue weighted by Crippen LogP contribution is -2.27. The second-order valence-electron chi connectivity index (χ2n) is 12.7. The smallest absolute Gasteiger partial charge is 0.261 e. The van der Waals surface area contributed by atoms with E-state index in [-0.39, 0.29) is 5.91 Å². The molecule has 5 heteroatoms. The molecular weight excluding hydrogens is 590 g/mol. The Hall–Kier alpha value is -6.17. The van der Waals surface area contributed by atoms with E-state index in [1.54, 1.807) is 0 Å². The first-order valence-electron chi connectivity index (χ1n) is 16.2. The zero-order chi connectivity index (χ0) is 32.1. The van der Waals surface area contributed by atoms with Crippen LogP contribution in [0.25, 0.3) is 65.8 Å². The molecule has 0 bridgehead atoms. The normalized spacial score (nSPS) is 14.7. The Balaban J connectivity index is 1.30. The van der Waals surface area contributed by atoms with Gasteiger partial charge in [0, 0.05) is 44.0 Å². The molecule has 2 aromatic heterocycles. The largest absolute Gasteiger partial charge is 0.369 e. The summed E-state index contributed by atoms with van der Waals surface area (Å²) in [4.78, 5) is 15.4. The molecule has 3 heterocycles. The molecule has 1 aliphatic rings. The van der Waals surface area contributed by atoms with Crippen LogP contribution in [-0.2, 0) is 0 Å². The van der Waals surface area contributed by atoms with Gasteiger partial charge in [-0.15, -0.1) is 0 Å². The molecule has 1 aliphatic heterocycles. The van der Waals surface area contributed by atoms with Crippen LogP contribution in [0.1, 0.15) is 27.7 Å². The van der Waals surface area contributed by atoms with E-state index >= 15 is 0 Å². The van der Waals surface area contributed by atoms with Crippen LogP contribution in [-0.4, -0.2) is 20.1 Å². The van der Waals surface area contributed by atoms with E-state index in [0.29, 0.717) is 16.8 Å². The average Bonchev–Trinajstić information content (AvgIpc) is 3.73. The lowest BCUT2D eigenvalue weighted by atomic mass is 10.1. The van der Waals surface area contributed by atoms with Crippen molar-refractivity contribution in [3.8, 4) is 11.4 Å². The molecule has 1 unspecified atom stereocenters. The van der Waals surface area contributed by atoms with Crippen molar-refractivity contribution < 1.29 is 9.90 Å². The molecule has 10 rings (SSSR count). The molecule has 0 saturated carbocycles. The molecule has 48 heavy (non-hydrogen) atoms. The van der Waals surface area contributed by atoms with Gasteiger partial charge in [-0.05, 0) is 72.3 Å². The highest BCUT2D eigenvalue weighted by atomic mass is 16.3. The summed E-state index contributed by atoms with van der Waals surface area (Å²) < 4.78 is 4.61. The van der Waals surface area contributed by atoms with E-state index in [2.05, 4.69) is 112 Å². The van der Waals surface area contributed by atoms with Crippen molar-refractivity contribution in [2.24, 2.45) is 0 Å². The van der Waals surface area contributed by atoms with Gasteiger partial charge >= 0.3 is 0 Å². The van der Waals surface area contributed by atoms with Crippen molar-refractivity contribution in [2.75, 3.05) is 4.90 Å². The van der Waals surface area contributed by atoms with E-state index in [1.165, 1.54) is 26.4 Å². The Kier molecular flexibility index (Phi) is 5.57. The summed E-state index contributed by atoms with van der Waals surface area (Å²) in [6, 6.07) is 50.1. The Morgan fingerprint density at radius 2 is 1.25 bits per heavy atom. The van der Waals surface area contributed by atoms with Crippen LogP contribution in [0.5, 0.6) is 0 Å². The van der Waals surface area contributed by atoms with Crippen molar-refractivity contribution in [3.63, 3.8) is 0 Å². The van der Waals surface area contributed by atoms with Gasteiger partial charge in [-0.25, -0.2) is 0 Å². The van der Waals surface area contributed by atoms with Crippen LogP contribution in [0.15, 0.2) is 146 Å². The van der Waals surface area contributed by atoms with E-state index in [9.17, 15) is 9.90 Å². The number of aliphatic hydroxyl groups excluding tert-OH is 1. The van der Waals surface area contributed by atoms with E-state index in [0.717, 1.165) is 49.8 Å². The van der Waals surface area contributed by atoms with Crippen molar-refractivity contribution >= 4 is 66.0 Å². The average molecular weight is 620 g/mol. The van der Waals surface area contributed by atoms with Gasteiger partial charge in [0.15, 0.2) is 6.23 Å². The van der Waals surface area contributed by atoms with Crippen molar-refractivity contribution in [1.82, 2.24) is 9.13 Å². The van der Waals surface area contributed by atoms with Crippen molar-refractivity contribution in [3.05, 3.63) is 162 Å². The quantitative estimate of drug-likeness (QED) is 0.214. The van der Waals surface area contributed by atoms with Gasteiger partial charge < -0.3 is 14.2 Å². The second kappa shape index (κ2) is 9.91. The van der Waals surface area contributed by atoms with E-state index in [1.807, 2.05) is 49.4 Å². The molecule has 0 aliphatic carbocycles. The molecule has 5 nitrogen and oxygen atoms in total. The number of hydrogen-bond acceptors (Lipinski definition) is 2. The number of para-hydroxylation sites is 2. The molecule has 0 radical (unpaired) electrons. The maximum Gasteiger partial charge on any atom is 0.261 e. The number of fused-ring (bicyclic) bond motifs is 9. The minimum Gasteiger partial charge on any atom is -0.369 e. The monoisotopic (exact) mass is 619 g/mol. The predicted molar refractivity (Wildman–Crippen MR) is 196 cm³/mol. The number of nitrogens with zero attached hydrogens (tertiary/aromatic N) is 3. The van der Waals surface area contributed by atoms with Crippen LogP contribution in [0.4, 0.5) is 5.69 Å². The van der Waals surface area contributed by atoms with Crippen LogP contribution >= 0.6 is 0 Å². The molecule has 228 valence electrons. The number of aliphatic hydroxyl groups is 1. The third-order valence-electron chi connectivity index (χ3n) is 10.0. The number of benzene rings is 7. The highest BCUT2D eigenvalue weighted by Crippen LogP contribution is 2.45. The highest BCUT2D eigenvalue weighted by Gasteiger charge is 2.39. The third-order valence-corrected chi connectivity index (χ3v) is 10.0. The first-order valence-corrected chi connectivity index (χ1v) is 16.2. The van der Waals surface area contributed by atoms with E-state index in [4.69, 9.17) is 0 Å². The lowest BCUT2D eigenvalue weighted by molar-refractivity contribution is 0.0935. The Morgan fingerprint density at radius 1 is 0.562 bits per heavy atom. The SMILES string of the molecule is Cc1ccc(N2C(=O)c3cccc(-n4c5ccccc5c5c4ccc4c6ccccc6n(-c6ccc7ccccc7c6)c45)c3C2O)cc1. The molecular formula is C43H29N3O2. The zero-order valence-electron chi connectivity index (χ0n) is 26.1. The lowest BCUT2D eigenvalue weighted by Gasteiger charge is -2.22. The Morgan fingerprint density at radius 3 is 2.06 bits per heavy atom. The fraction of sp³-hybridized carbons (Fsp3) is 0.0465. The minimum absolute atomic E-state index is 0.206. The zero-order valence-corrected chi connectivity index (χ0v) is 26.1. The molecule has 7 aromatic carbocycles. The molecule has 1 atom stereocenters. The molecule has 0 spiro atoms. The van der Waals surface area contributed by atoms with Crippen molar-refractivity contribution in [1.29, 1.82) is 0 Å². The summed E-state index contributed by atoms with van der Waals surface area (Å²) in [5, 5.41) is 18.9. The maximum absolute atomic E-state index is 13.9. The Bertz CT molecular complexity index is 2790. The standard InChI is InChI=1S/C43H29N3O2/c1-26-17-20-29(21-18-26)45-42(47)34-13-8-16-37(40(34)43(45)48)46-36-15-7-5-12-33(36)39-38(46)24-23-32-31-11-4-6-14-35(31)44(41(32)39)30-22-19-27-9-2-3-10-28(27)25-30/h2-25,43,48H,1H3. The van der Waals surface area contributed by atoms with Gasteiger partial charge in [0.1, 0.15) is 0 Å². The van der Waals surface area contributed by atoms with Crippen LogP contribution < -0.4 is 4.90 Å². The number of anilines is 1. The molecule has 0 fully saturated rings. The van der Waals surface area contributed by atoms with Gasteiger partial charge in [-0.3, -0.25) is 9.69 Å². The fourth-order valence-corrected chi connectivity index (χ4v) is 7.89. The summed E-state index contributed by atoms with van der Waals surface area (Å²) in [5.74, 6) is -0.206. The number of carbonyl (C=O) groups excluding carboxylic acids is 1. The number of carbonyl (C=O) groups is 1. The molecule has 0 saturated heterocycles. The number of aromatic nitrogens is 2. The third kappa shape index (κ3) is 3.62. The van der Waals surface area contributed by atoms with E-state index < -0.39 is 6.23 Å². The van der Waals surface area contributed by atoms with Crippen LogP contribution in [0, 0.1) is 6.92 Å². The van der Waals surface area contributed by atoms with Gasteiger partial charge in [0.25, 0.3) is 5.91 Å². The summed E-state index contributed by atoms with van der Waals surface area (Å²) in [5.41, 5.74) is 9.07. The van der Waals surface area contributed by atoms with Gasteiger partial charge in [-0.2, -0.15) is 0 Å². The number of amides is 1. The van der Waals surface area contributed by atoms with Gasteiger partial charge in [0.2, 0.25) is 0 Å². The molecule has 1 N–H and O–H groups in total. The Labute approximate surface area is 276 Å². The summed E-state index contributed by atoms with van der Waals surface area (Å²) in [6.07, 6.45) is -1.13. The number of rotatable bonds is 3. The predicted octanol–water partition coefficient (Wildman–Crippen LogP) is 9.99. The van der Waals surface area contributed by atoms with Crippen molar-refractivity contribution in [2.45, 2.75) is 13.2 Å². The number of hydrogen-bond donors (Lipinski definition) is 1. The van der Waals surface area contributed by atoms with Gasteiger partial charge in [0.05, 0.1) is 27.8 Å². The van der Waals surface area contributed by atoms with Crippen LogP contribution in [0.2, 0.25) is 0 Å². The first kappa shape index (κ1) is 27.0. The maximum atomic E-state index is 13.9. The highest BCUT2D eigenvalue weighted by molar-refractivity contribution is 6.26. The molecule has 9 aromatic rings. The minimum atomic E-state index is -1.13. The summed E-state index contributed by atoms with van der Waals surface area (Å²) >= 11 is 0. The first-order chi connectivity index (χ1) is 23.6.